The van der Waals surface area contributed by atoms with Gasteiger partial charge in [0.2, 0.25) is 11.8 Å². The van der Waals surface area contributed by atoms with E-state index in [9.17, 15) is 9.59 Å². The zero-order valence-corrected chi connectivity index (χ0v) is 17.7. The van der Waals surface area contributed by atoms with Crippen molar-refractivity contribution < 1.29 is 14.3 Å². The SMILES string of the molecule is COc1cc(NC(=O)CN2CC3CC(C2)N3CC(=O)NC(C)(C)C)ccc1Cl. The van der Waals surface area contributed by atoms with Crippen LogP contribution in [0.1, 0.15) is 27.2 Å². The summed E-state index contributed by atoms with van der Waals surface area (Å²) in [6.07, 6.45) is 1.09. The number of carbonyl (C=O) groups is 2. The van der Waals surface area contributed by atoms with Gasteiger partial charge in [-0.15, -0.1) is 0 Å². The van der Waals surface area contributed by atoms with Gasteiger partial charge in [-0.2, -0.15) is 0 Å². The molecule has 2 bridgehead atoms. The van der Waals surface area contributed by atoms with Gasteiger partial charge in [-0.05, 0) is 39.3 Å². The highest BCUT2D eigenvalue weighted by atomic mass is 35.5. The van der Waals surface area contributed by atoms with Crippen molar-refractivity contribution >= 4 is 29.1 Å². The summed E-state index contributed by atoms with van der Waals surface area (Å²) in [4.78, 5) is 29.0. The molecule has 7 nitrogen and oxygen atoms in total. The highest BCUT2D eigenvalue weighted by Crippen LogP contribution is 2.32. The molecule has 0 aliphatic carbocycles. The van der Waals surface area contributed by atoms with E-state index in [0.717, 1.165) is 19.5 Å². The summed E-state index contributed by atoms with van der Waals surface area (Å²) >= 11 is 6.02. The van der Waals surface area contributed by atoms with E-state index in [4.69, 9.17) is 16.3 Å². The normalized spacial score (nSPS) is 22.3. The average molecular weight is 409 g/mol. The van der Waals surface area contributed by atoms with Crippen LogP contribution in [-0.4, -0.2) is 72.5 Å². The molecule has 28 heavy (non-hydrogen) atoms. The third kappa shape index (κ3) is 5.16. The molecule has 3 aliphatic heterocycles. The predicted molar refractivity (Wildman–Crippen MR) is 110 cm³/mol. The number of rotatable bonds is 6. The van der Waals surface area contributed by atoms with Crippen LogP contribution in [0.2, 0.25) is 5.02 Å². The van der Waals surface area contributed by atoms with E-state index in [1.807, 2.05) is 20.8 Å². The highest BCUT2D eigenvalue weighted by molar-refractivity contribution is 6.32. The van der Waals surface area contributed by atoms with Gasteiger partial charge < -0.3 is 15.4 Å². The van der Waals surface area contributed by atoms with Gasteiger partial charge in [0.15, 0.2) is 0 Å². The van der Waals surface area contributed by atoms with Gasteiger partial charge in [0.1, 0.15) is 5.75 Å². The van der Waals surface area contributed by atoms with Gasteiger partial charge in [0.05, 0.1) is 25.2 Å². The molecule has 3 aliphatic rings. The molecule has 2 amide bonds. The number of ether oxygens (including phenoxy) is 1. The number of piperidine rings is 1. The van der Waals surface area contributed by atoms with Crippen molar-refractivity contribution in [3.05, 3.63) is 23.2 Å². The van der Waals surface area contributed by atoms with Crippen molar-refractivity contribution in [3.63, 3.8) is 0 Å². The predicted octanol–water partition coefficient (Wildman–Crippen LogP) is 1.96. The molecule has 2 N–H and O–H groups in total. The van der Waals surface area contributed by atoms with Crippen LogP contribution in [0.4, 0.5) is 5.69 Å². The number of amides is 2. The number of nitrogens with one attached hydrogen (secondary N) is 2. The number of hydrogen-bond donors (Lipinski definition) is 2. The Morgan fingerprint density at radius 1 is 1.18 bits per heavy atom. The zero-order valence-electron chi connectivity index (χ0n) is 16.9. The molecule has 1 aromatic carbocycles. The molecule has 0 spiro atoms. The molecular formula is C20H29ClN4O3. The largest absolute Gasteiger partial charge is 0.495 e. The lowest BCUT2D eigenvalue weighted by Gasteiger charge is -2.56. The van der Waals surface area contributed by atoms with Crippen molar-refractivity contribution in [2.45, 2.75) is 44.8 Å². The standard InChI is InChI=1S/C20H29ClN4O3/c1-20(2,3)23-19(27)12-25-14-8-15(25)10-24(9-14)11-18(26)22-13-5-6-16(21)17(7-13)28-4/h5-7,14-15H,8-12H2,1-4H3,(H,22,26)(H,23,27). The topological polar surface area (TPSA) is 73.9 Å². The first-order valence-corrected chi connectivity index (χ1v) is 9.95. The molecule has 2 atom stereocenters. The fourth-order valence-corrected chi connectivity index (χ4v) is 4.12. The lowest BCUT2D eigenvalue weighted by molar-refractivity contribution is -0.134. The summed E-state index contributed by atoms with van der Waals surface area (Å²) < 4.78 is 5.18. The van der Waals surface area contributed by atoms with Crippen molar-refractivity contribution in [1.82, 2.24) is 15.1 Å². The first-order chi connectivity index (χ1) is 13.1. The van der Waals surface area contributed by atoms with Gasteiger partial charge in [-0.25, -0.2) is 0 Å². The molecule has 8 heteroatoms. The minimum absolute atomic E-state index is 0.0603. The van der Waals surface area contributed by atoms with Gasteiger partial charge in [-0.1, -0.05) is 11.6 Å². The molecule has 3 heterocycles. The number of hydrogen-bond acceptors (Lipinski definition) is 5. The Morgan fingerprint density at radius 2 is 1.86 bits per heavy atom. The minimum atomic E-state index is -0.217. The van der Waals surface area contributed by atoms with Crippen molar-refractivity contribution in [1.29, 1.82) is 0 Å². The third-order valence-electron chi connectivity index (χ3n) is 5.06. The molecule has 154 valence electrons. The van der Waals surface area contributed by atoms with E-state index in [1.165, 1.54) is 0 Å². The zero-order chi connectivity index (χ0) is 20.5. The third-order valence-corrected chi connectivity index (χ3v) is 5.38. The molecule has 3 fully saturated rings. The molecule has 1 aromatic rings. The summed E-state index contributed by atoms with van der Waals surface area (Å²) in [5.41, 5.74) is 0.444. The van der Waals surface area contributed by atoms with E-state index < -0.39 is 0 Å². The number of fused-ring (bicyclic) bond motifs is 2. The Morgan fingerprint density at radius 3 is 2.46 bits per heavy atom. The van der Waals surface area contributed by atoms with E-state index in [0.29, 0.717) is 41.6 Å². The second-order valence-electron chi connectivity index (χ2n) is 8.61. The monoisotopic (exact) mass is 408 g/mol. The molecule has 2 unspecified atom stereocenters. The fourth-order valence-electron chi connectivity index (χ4n) is 3.93. The highest BCUT2D eigenvalue weighted by Gasteiger charge is 2.45. The van der Waals surface area contributed by atoms with Crippen LogP contribution < -0.4 is 15.4 Å². The molecule has 0 radical (unpaired) electrons. The Balaban J connectivity index is 1.47. The maximum absolute atomic E-state index is 12.4. The molecular weight excluding hydrogens is 380 g/mol. The van der Waals surface area contributed by atoms with Crippen LogP contribution in [0, 0.1) is 0 Å². The lowest BCUT2D eigenvalue weighted by atomic mass is 9.87. The molecule has 0 saturated carbocycles. The van der Waals surface area contributed by atoms with Gasteiger partial charge >= 0.3 is 0 Å². The minimum Gasteiger partial charge on any atom is -0.495 e. The van der Waals surface area contributed by atoms with Crippen LogP contribution >= 0.6 is 11.6 Å². The summed E-state index contributed by atoms with van der Waals surface area (Å²) in [5.74, 6) is 0.524. The van der Waals surface area contributed by atoms with Crippen LogP contribution in [0.15, 0.2) is 18.2 Å². The summed E-state index contributed by atoms with van der Waals surface area (Å²) in [6.45, 7) is 8.32. The number of methoxy groups -OCH3 is 1. The smallest absolute Gasteiger partial charge is 0.238 e. The molecule has 3 saturated heterocycles. The number of anilines is 1. The number of piperazine rings is 1. The second-order valence-corrected chi connectivity index (χ2v) is 9.01. The van der Waals surface area contributed by atoms with Crippen LogP contribution in [0.5, 0.6) is 5.75 Å². The van der Waals surface area contributed by atoms with Crippen LogP contribution in [0.3, 0.4) is 0 Å². The first-order valence-electron chi connectivity index (χ1n) is 9.57. The summed E-state index contributed by atoms with van der Waals surface area (Å²) in [7, 11) is 1.54. The number of benzene rings is 1. The lowest BCUT2D eigenvalue weighted by Crippen LogP contribution is -2.70. The number of nitrogens with zero attached hydrogens (tertiary/aromatic N) is 2. The summed E-state index contributed by atoms with van der Waals surface area (Å²) in [6, 6.07) is 5.85. The average Bonchev–Trinajstić information content (AvgIpc) is 2.60. The van der Waals surface area contributed by atoms with Crippen LogP contribution in [-0.2, 0) is 9.59 Å². The first kappa shape index (κ1) is 20.9. The molecule has 0 aromatic heterocycles. The van der Waals surface area contributed by atoms with Gasteiger partial charge in [0, 0.05) is 42.5 Å². The Bertz CT molecular complexity index is 737. The van der Waals surface area contributed by atoms with Crippen molar-refractivity contribution in [2.75, 3.05) is 38.6 Å². The molecule has 4 rings (SSSR count). The second kappa shape index (κ2) is 8.27. The maximum Gasteiger partial charge on any atom is 0.238 e. The number of carbonyl (C=O) groups excluding carboxylic acids is 2. The van der Waals surface area contributed by atoms with Gasteiger partial charge in [-0.3, -0.25) is 19.4 Å². The van der Waals surface area contributed by atoms with E-state index in [-0.39, 0.29) is 17.4 Å². The van der Waals surface area contributed by atoms with Crippen molar-refractivity contribution in [3.8, 4) is 5.75 Å². The van der Waals surface area contributed by atoms with E-state index in [1.54, 1.807) is 25.3 Å². The Hall–Kier alpha value is -1.83. The number of halogens is 1. The van der Waals surface area contributed by atoms with Crippen LogP contribution in [0.25, 0.3) is 0 Å². The maximum atomic E-state index is 12.4. The Labute approximate surface area is 171 Å². The van der Waals surface area contributed by atoms with Gasteiger partial charge in [0.25, 0.3) is 0 Å². The van der Waals surface area contributed by atoms with E-state index in [2.05, 4.69) is 20.4 Å². The Kier molecular flexibility index (Phi) is 6.17. The van der Waals surface area contributed by atoms with Crippen molar-refractivity contribution in [2.24, 2.45) is 0 Å². The fraction of sp³-hybridized carbons (Fsp3) is 0.600. The summed E-state index contributed by atoms with van der Waals surface area (Å²) in [5, 5.41) is 6.41. The quantitative estimate of drug-likeness (QED) is 0.752. The van der Waals surface area contributed by atoms with E-state index >= 15 is 0 Å².